The molecule has 3 aromatic rings. The van der Waals surface area contributed by atoms with E-state index in [4.69, 9.17) is 20.9 Å². The molecule has 0 radical (unpaired) electrons. The molecular formula is C16H13ClFN3O3. The highest BCUT2D eigenvalue weighted by atomic mass is 35.5. The fraction of sp³-hybridized carbons (Fsp3) is 0.188. The monoisotopic (exact) mass is 349 g/mol. The second-order valence-corrected chi connectivity index (χ2v) is 5.40. The van der Waals surface area contributed by atoms with Crippen LogP contribution in [0.2, 0.25) is 5.02 Å². The fourth-order valence-corrected chi connectivity index (χ4v) is 2.49. The number of hydrogen-bond donors (Lipinski definition) is 0. The van der Waals surface area contributed by atoms with Crippen LogP contribution in [0.1, 0.15) is 16.1 Å². The molecule has 3 rings (SSSR count). The Kier molecular flexibility index (Phi) is 4.61. The van der Waals surface area contributed by atoms with Crippen LogP contribution in [-0.2, 0) is 11.3 Å². The van der Waals surface area contributed by atoms with Gasteiger partial charge < -0.3 is 13.8 Å². The van der Waals surface area contributed by atoms with Crippen molar-refractivity contribution in [1.29, 1.82) is 0 Å². The molecule has 0 spiro atoms. The third kappa shape index (κ3) is 3.16. The van der Waals surface area contributed by atoms with Gasteiger partial charge in [0.15, 0.2) is 0 Å². The lowest BCUT2D eigenvalue weighted by atomic mass is 10.1. The Balaban J connectivity index is 1.83. The average Bonchev–Trinajstić information content (AvgIpc) is 3.17. The summed E-state index contributed by atoms with van der Waals surface area (Å²) in [5.74, 6) is -1.01. The molecule has 0 bridgehead atoms. The molecule has 0 amide bonds. The Labute approximate surface area is 141 Å². The highest BCUT2D eigenvalue weighted by Gasteiger charge is 2.26. The summed E-state index contributed by atoms with van der Waals surface area (Å²) in [6.07, 6.45) is 5.00. The second kappa shape index (κ2) is 6.84. The minimum Gasteiger partial charge on any atom is -0.460 e. The Morgan fingerprint density at radius 3 is 3.00 bits per heavy atom. The Morgan fingerprint density at radius 2 is 2.29 bits per heavy atom. The molecule has 8 heteroatoms. The van der Waals surface area contributed by atoms with E-state index < -0.39 is 11.8 Å². The molecule has 0 aliphatic carbocycles. The van der Waals surface area contributed by atoms with Crippen LogP contribution < -0.4 is 0 Å². The number of rotatable bonds is 5. The first-order chi connectivity index (χ1) is 11.6. The van der Waals surface area contributed by atoms with Crippen LogP contribution in [0, 0.1) is 12.7 Å². The predicted octanol–water partition coefficient (Wildman–Crippen LogP) is 3.50. The van der Waals surface area contributed by atoms with Gasteiger partial charge in [-0.15, -0.1) is 0 Å². The molecule has 0 saturated carbocycles. The number of benzene rings is 1. The number of aryl methyl sites for hydroxylation is 1. The predicted molar refractivity (Wildman–Crippen MR) is 84.2 cm³/mol. The number of imidazole rings is 1. The van der Waals surface area contributed by atoms with Gasteiger partial charge in [0.2, 0.25) is 0 Å². The van der Waals surface area contributed by atoms with E-state index in [9.17, 15) is 9.18 Å². The third-order valence-electron chi connectivity index (χ3n) is 3.41. The molecule has 0 saturated heterocycles. The number of hydrogen-bond acceptors (Lipinski definition) is 5. The first-order valence-corrected chi connectivity index (χ1v) is 7.49. The summed E-state index contributed by atoms with van der Waals surface area (Å²) >= 11 is 6.04. The SMILES string of the molecule is Cc1onc(-c2c(F)cccc2Cl)c1C(=O)OCCn1ccnc1. The van der Waals surface area contributed by atoms with Crippen molar-refractivity contribution in [3.8, 4) is 11.3 Å². The van der Waals surface area contributed by atoms with Crippen LogP contribution in [0.25, 0.3) is 11.3 Å². The molecule has 0 aliphatic heterocycles. The standard InChI is InChI=1S/C16H13ClFN3O3/c1-10-13(16(22)23-8-7-21-6-5-19-9-21)15(20-24-10)14-11(17)3-2-4-12(14)18/h2-6,9H,7-8H2,1H3. The molecule has 0 unspecified atom stereocenters. The lowest BCUT2D eigenvalue weighted by Crippen LogP contribution is -2.12. The topological polar surface area (TPSA) is 70.2 Å². The average molecular weight is 350 g/mol. The quantitative estimate of drug-likeness (QED) is 0.659. The summed E-state index contributed by atoms with van der Waals surface area (Å²) in [5.41, 5.74) is 0.105. The number of ether oxygens (including phenoxy) is 1. The molecule has 0 fully saturated rings. The molecule has 124 valence electrons. The van der Waals surface area contributed by atoms with Gasteiger partial charge in [0.05, 0.1) is 23.5 Å². The molecule has 6 nitrogen and oxygen atoms in total. The van der Waals surface area contributed by atoms with Crippen LogP contribution >= 0.6 is 11.6 Å². The zero-order chi connectivity index (χ0) is 17.1. The number of aromatic nitrogens is 3. The summed E-state index contributed by atoms with van der Waals surface area (Å²) < 4.78 is 26.1. The van der Waals surface area contributed by atoms with Crippen molar-refractivity contribution in [3.05, 3.63) is 59.1 Å². The van der Waals surface area contributed by atoms with Gasteiger partial charge in [0, 0.05) is 12.4 Å². The Hall–Kier alpha value is -2.67. The van der Waals surface area contributed by atoms with Gasteiger partial charge in [-0.25, -0.2) is 14.2 Å². The molecule has 0 atom stereocenters. The van der Waals surface area contributed by atoms with Crippen LogP contribution in [0.4, 0.5) is 4.39 Å². The number of carbonyl (C=O) groups is 1. The van der Waals surface area contributed by atoms with E-state index in [0.29, 0.717) is 6.54 Å². The summed E-state index contributed by atoms with van der Waals surface area (Å²) in [4.78, 5) is 16.3. The van der Waals surface area contributed by atoms with E-state index in [-0.39, 0.29) is 34.2 Å². The smallest absolute Gasteiger partial charge is 0.344 e. The van der Waals surface area contributed by atoms with Gasteiger partial charge in [-0.1, -0.05) is 22.8 Å². The van der Waals surface area contributed by atoms with E-state index in [2.05, 4.69) is 10.1 Å². The Morgan fingerprint density at radius 1 is 1.46 bits per heavy atom. The van der Waals surface area contributed by atoms with Gasteiger partial charge in [-0.2, -0.15) is 0 Å². The normalized spacial score (nSPS) is 10.8. The van der Waals surface area contributed by atoms with Crippen molar-refractivity contribution in [1.82, 2.24) is 14.7 Å². The van der Waals surface area contributed by atoms with Crippen molar-refractivity contribution in [3.63, 3.8) is 0 Å². The molecule has 24 heavy (non-hydrogen) atoms. The van der Waals surface area contributed by atoms with Gasteiger partial charge >= 0.3 is 5.97 Å². The molecule has 0 aliphatic rings. The van der Waals surface area contributed by atoms with Crippen molar-refractivity contribution >= 4 is 17.6 Å². The zero-order valence-corrected chi connectivity index (χ0v) is 13.5. The number of esters is 1. The molecule has 1 aromatic carbocycles. The van der Waals surface area contributed by atoms with Crippen molar-refractivity contribution in [2.45, 2.75) is 13.5 Å². The van der Waals surface area contributed by atoms with Gasteiger partial charge in [0.25, 0.3) is 0 Å². The van der Waals surface area contributed by atoms with Crippen LogP contribution in [-0.4, -0.2) is 27.3 Å². The van der Waals surface area contributed by atoms with E-state index >= 15 is 0 Å². The maximum absolute atomic E-state index is 14.1. The molecular weight excluding hydrogens is 337 g/mol. The van der Waals surface area contributed by atoms with Crippen molar-refractivity contribution in [2.75, 3.05) is 6.61 Å². The van der Waals surface area contributed by atoms with E-state index in [1.807, 2.05) is 0 Å². The summed E-state index contributed by atoms with van der Waals surface area (Å²) in [5, 5.41) is 3.91. The lowest BCUT2D eigenvalue weighted by Gasteiger charge is -2.07. The lowest BCUT2D eigenvalue weighted by molar-refractivity contribution is 0.0490. The maximum Gasteiger partial charge on any atom is 0.344 e. The van der Waals surface area contributed by atoms with Gasteiger partial charge in [-0.05, 0) is 19.1 Å². The number of nitrogens with zero attached hydrogens (tertiary/aromatic N) is 3. The minimum atomic E-state index is -0.650. The third-order valence-corrected chi connectivity index (χ3v) is 3.72. The van der Waals surface area contributed by atoms with Crippen molar-refractivity contribution in [2.24, 2.45) is 0 Å². The minimum absolute atomic E-state index is 0.0116. The van der Waals surface area contributed by atoms with Crippen LogP contribution in [0.3, 0.4) is 0 Å². The zero-order valence-electron chi connectivity index (χ0n) is 12.7. The number of halogens is 2. The highest BCUT2D eigenvalue weighted by molar-refractivity contribution is 6.33. The summed E-state index contributed by atoms with van der Waals surface area (Å²) in [6, 6.07) is 4.22. The maximum atomic E-state index is 14.1. The first kappa shape index (κ1) is 16.2. The van der Waals surface area contributed by atoms with Gasteiger partial charge in [0.1, 0.15) is 29.4 Å². The van der Waals surface area contributed by atoms with E-state index in [1.165, 1.54) is 18.2 Å². The largest absolute Gasteiger partial charge is 0.460 e. The summed E-state index contributed by atoms with van der Waals surface area (Å²) in [6.45, 7) is 2.13. The van der Waals surface area contributed by atoms with E-state index in [1.54, 1.807) is 30.2 Å². The van der Waals surface area contributed by atoms with Gasteiger partial charge in [-0.3, -0.25) is 0 Å². The molecule has 0 N–H and O–H groups in total. The first-order valence-electron chi connectivity index (χ1n) is 7.11. The molecule has 2 aromatic heterocycles. The fourth-order valence-electron chi connectivity index (χ4n) is 2.24. The van der Waals surface area contributed by atoms with E-state index in [0.717, 1.165) is 0 Å². The second-order valence-electron chi connectivity index (χ2n) is 5.00. The van der Waals surface area contributed by atoms with Crippen LogP contribution in [0.15, 0.2) is 41.4 Å². The van der Waals surface area contributed by atoms with Crippen LogP contribution in [0.5, 0.6) is 0 Å². The number of carbonyl (C=O) groups excluding carboxylic acids is 1. The Bertz CT molecular complexity index is 841. The summed E-state index contributed by atoms with van der Waals surface area (Å²) in [7, 11) is 0. The highest BCUT2D eigenvalue weighted by Crippen LogP contribution is 2.33. The van der Waals surface area contributed by atoms with Crippen molar-refractivity contribution < 1.29 is 18.4 Å². The molecule has 2 heterocycles.